The van der Waals surface area contributed by atoms with Crippen LogP contribution in [-0.2, 0) is 11.3 Å². The number of anilines is 1. The molecule has 9 nitrogen and oxygen atoms in total. The third kappa shape index (κ3) is 4.29. The van der Waals surface area contributed by atoms with E-state index in [0.29, 0.717) is 23.7 Å². The van der Waals surface area contributed by atoms with Crippen molar-refractivity contribution in [3.8, 4) is 11.4 Å². The molecule has 31 heavy (non-hydrogen) atoms. The van der Waals surface area contributed by atoms with Gasteiger partial charge in [0.05, 0.1) is 6.61 Å². The lowest BCUT2D eigenvalue weighted by Gasteiger charge is -2.06. The number of rotatable bonds is 6. The van der Waals surface area contributed by atoms with Gasteiger partial charge in [0.25, 0.3) is 0 Å². The predicted octanol–water partition coefficient (Wildman–Crippen LogP) is 2.45. The third-order valence-electron chi connectivity index (χ3n) is 4.49. The number of fused-ring (bicyclic) bond motifs is 1. The summed E-state index contributed by atoms with van der Waals surface area (Å²) in [5, 5.41) is 6.78. The summed E-state index contributed by atoms with van der Waals surface area (Å²) in [6.45, 7) is 2.10. The first-order valence-electron chi connectivity index (χ1n) is 9.46. The Morgan fingerprint density at radius 2 is 1.77 bits per heavy atom. The van der Waals surface area contributed by atoms with Gasteiger partial charge in [-0.25, -0.2) is 13.9 Å². The monoisotopic (exact) mass is 483 g/mol. The normalized spacial score (nSPS) is 10.9. The average Bonchev–Trinajstić information content (AvgIpc) is 3.07. The Morgan fingerprint density at radius 1 is 1.06 bits per heavy atom. The minimum atomic E-state index is -0.572. The molecule has 1 amide bonds. The molecule has 0 saturated heterocycles. The maximum absolute atomic E-state index is 12.8. The van der Waals surface area contributed by atoms with Gasteiger partial charge in [-0.05, 0) is 55.5 Å². The lowest BCUT2D eigenvalue weighted by atomic mass is 10.3. The van der Waals surface area contributed by atoms with Crippen molar-refractivity contribution < 1.29 is 9.53 Å². The molecule has 0 radical (unpaired) electrons. The lowest BCUT2D eigenvalue weighted by Crippen LogP contribution is -2.28. The lowest BCUT2D eigenvalue weighted by molar-refractivity contribution is -0.117. The van der Waals surface area contributed by atoms with Gasteiger partial charge in [0, 0.05) is 28.2 Å². The van der Waals surface area contributed by atoms with E-state index < -0.39 is 17.2 Å². The van der Waals surface area contributed by atoms with Crippen molar-refractivity contribution in [3.63, 3.8) is 0 Å². The van der Waals surface area contributed by atoms with Crippen LogP contribution in [0.4, 0.5) is 5.69 Å². The molecule has 4 rings (SSSR count). The van der Waals surface area contributed by atoms with Crippen molar-refractivity contribution in [2.45, 2.75) is 13.5 Å². The number of benzene rings is 2. The summed E-state index contributed by atoms with van der Waals surface area (Å²) in [4.78, 5) is 37.8. The molecule has 0 aliphatic carbocycles. The molecular formula is C21H18BrN5O4. The van der Waals surface area contributed by atoms with Gasteiger partial charge < -0.3 is 10.1 Å². The second kappa shape index (κ2) is 8.60. The zero-order chi connectivity index (χ0) is 22.0. The number of nitrogens with zero attached hydrogens (tertiary/aromatic N) is 4. The summed E-state index contributed by atoms with van der Waals surface area (Å²) in [6, 6.07) is 14.0. The van der Waals surface area contributed by atoms with Crippen LogP contribution in [0.2, 0.25) is 0 Å². The van der Waals surface area contributed by atoms with Gasteiger partial charge in [-0.1, -0.05) is 15.9 Å². The maximum atomic E-state index is 12.8. The van der Waals surface area contributed by atoms with Crippen LogP contribution in [0.1, 0.15) is 6.92 Å². The van der Waals surface area contributed by atoms with Gasteiger partial charge in [-0.2, -0.15) is 0 Å². The number of hydrogen-bond donors (Lipinski definition) is 1. The SMILES string of the molecule is CCOc1ccc(NC(=O)Cn2nc3c(=O)n(-c4ccc(Br)cc4)ccn3c2=O)cc1. The molecule has 0 fully saturated rings. The van der Waals surface area contributed by atoms with Gasteiger partial charge in [-0.15, -0.1) is 5.10 Å². The molecule has 0 bridgehead atoms. The van der Waals surface area contributed by atoms with Crippen molar-refractivity contribution >= 4 is 33.2 Å². The van der Waals surface area contributed by atoms with Gasteiger partial charge in [0.1, 0.15) is 12.3 Å². The Labute approximate surface area is 184 Å². The van der Waals surface area contributed by atoms with Crippen molar-refractivity contribution in [3.05, 3.63) is 86.2 Å². The number of hydrogen-bond acceptors (Lipinski definition) is 5. The fraction of sp³-hybridized carbons (Fsp3) is 0.143. The van der Waals surface area contributed by atoms with Crippen LogP contribution >= 0.6 is 15.9 Å². The second-order valence-electron chi connectivity index (χ2n) is 6.59. The topological polar surface area (TPSA) is 99.6 Å². The third-order valence-corrected chi connectivity index (χ3v) is 5.02. The van der Waals surface area contributed by atoms with E-state index in [9.17, 15) is 14.4 Å². The summed E-state index contributed by atoms with van der Waals surface area (Å²) in [5.41, 5.74) is 0.0857. The number of carbonyl (C=O) groups excluding carboxylic acids is 1. The van der Waals surface area contributed by atoms with Crippen LogP contribution in [0.25, 0.3) is 11.3 Å². The summed E-state index contributed by atoms with van der Waals surface area (Å²) >= 11 is 3.35. The highest BCUT2D eigenvalue weighted by Crippen LogP contribution is 2.15. The molecule has 1 N–H and O–H groups in total. The fourth-order valence-corrected chi connectivity index (χ4v) is 3.32. The zero-order valence-corrected chi connectivity index (χ0v) is 18.1. The highest BCUT2D eigenvalue weighted by atomic mass is 79.9. The number of aromatic nitrogens is 4. The van der Waals surface area contributed by atoms with Crippen LogP contribution in [0, 0.1) is 0 Å². The van der Waals surface area contributed by atoms with E-state index >= 15 is 0 Å². The smallest absolute Gasteiger partial charge is 0.351 e. The van der Waals surface area contributed by atoms with Crippen LogP contribution in [0.15, 0.2) is 75.0 Å². The molecule has 0 saturated carbocycles. The number of halogens is 1. The number of ether oxygens (including phenoxy) is 1. The Balaban J connectivity index is 1.58. The fourth-order valence-electron chi connectivity index (χ4n) is 3.05. The van der Waals surface area contributed by atoms with Gasteiger partial charge in [0.15, 0.2) is 0 Å². The first kappa shape index (κ1) is 20.6. The summed E-state index contributed by atoms with van der Waals surface area (Å²) in [6.07, 6.45) is 2.95. The Bertz CT molecular complexity index is 1350. The molecule has 0 aliphatic heterocycles. The summed E-state index contributed by atoms with van der Waals surface area (Å²) in [7, 11) is 0. The zero-order valence-electron chi connectivity index (χ0n) is 16.5. The second-order valence-corrected chi connectivity index (χ2v) is 7.50. The maximum Gasteiger partial charge on any atom is 0.351 e. The van der Waals surface area contributed by atoms with Crippen LogP contribution in [0.5, 0.6) is 5.75 Å². The van der Waals surface area contributed by atoms with E-state index in [4.69, 9.17) is 4.74 Å². The number of carbonyl (C=O) groups is 1. The van der Waals surface area contributed by atoms with E-state index in [1.165, 1.54) is 17.0 Å². The van der Waals surface area contributed by atoms with E-state index in [1.54, 1.807) is 36.4 Å². The summed E-state index contributed by atoms with van der Waals surface area (Å²) in [5.74, 6) is 0.252. The average molecular weight is 484 g/mol. The van der Waals surface area contributed by atoms with Crippen molar-refractivity contribution in [2.75, 3.05) is 11.9 Å². The Morgan fingerprint density at radius 3 is 2.45 bits per heavy atom. The van der Waals surface area contributed by atoms with Crippen molar-refractivity contribution in [2.24, 2.45) is 0 Å². The quantitative estimate of drug-likeness (QED) is 0.454. The van der Waals surface area contributed by atoms with E-state index in [-0.39, 0.29) is 12.2 Å². The van der Waals surface area contributed by atoms with Crippen LogP contribution in [0.3, 0.4) is 0 Å². The van der Waals surface area contributed by atoms with Gasteiger partial charge in [0.2, 0.25) is 11.6 Å². The molecule has 0 unspecified atom stereocenters. The van der Waals surface area contributed by atoms with Crippen LogP contribution < -0.4 is 21.3 Å². The predicted molar refractivity (Wildman–Crippen MR) is 119 cm³/mol. The number of nitrogens with one attached hydrogen (secondary N) is 1. The Kier molecular flexibility index (Phi) is 5.72. The van der Waals surface area contributed by atoms with Gasteiger partial charge in [-0.3, -0.25) is 14.2 Å². The largest absolute Gasteiger partial charge is 0.494 e. The molecule has 2 heterocycles. The molecule has 0 spiro atoms. The first-order chi connectivity index (χ1) is 15.0. The molecular weight excluding hydrogens is 466 g/mol. The molecule has 0 aliphatic rings. The van der Waals surface area contributed by atoms with Crippen molar-refractivity contribution in [1.82, 2.24) is 18.7 Å². The molecule has 2 aromatic carbocycles. The summed E-state index contributed by atoms with van der Waals surface area (Å²) < 4.78 is 9.72. The van der Waals surface area contributed by atoms with E-state index in [1.807, 2.05) is 19.1 Å². The molecule has 2 aromatic heterocycles. The number of amides is 1. The first-order valence-corrected chi connectivity index (χ1v) is 10.2. The Hall–Kier alpha value is -3.66. The van der Waals surface area contributed by atoms with Crippen molar-refractivity contribution in [1.29, 1.82) is 0 Å². The molecule has 4 aromatic rings. The van der Waals surface area contributed by atoms with Crippen LogP contribution in [-0.4, -0.2) is 31.3 Å². The minimum Gasteiger partial charge on any atom is -0.494 e. The minimum absolute atomic E-state index is 0.0655. The molecule has 158 valence electrons. The van der Waals surface area contributed by atoms with Gasteiger partial charge >= 0.3 is 11.2 Å². The van der Waals surface area contributed by atoms with E-state index in [0.717, 1.165) is 13.6 Å². The standard InChI is InChI=1S/C21H18BrN5O4/c1-2-31-17-9-5-15(6-10-17)23-18(28)13-27-21(30)26-12-11-25(20(29)19(26)24-27)16-7-3-14(22)4-8-16/h3-12H,2,13H2,1H3,(H,23,28). The van der Waals surface area contributed by atoms with E-state index in [2.05, 4.69) is 26.3 Å². The molecule has 0 atom stereocenters. The highest BCUT2D eigenvalue weighted by Gasteiger charge is 2.15. The highest BCUT2D eigenvalue weighted by molar-refractivity contribution is 9.10. The molecule has 10 heteroatoms.